The first kappa shape index (κ1) is 14.7. The van der Waals surface area contributed by atoms with Crippen LogP contribution in [-0.4, -0.2) is 17.2 Å². The standard InChI is InChI=1S/C20H22N2/c1-15(7-8-17-5-3-11-21-14-17)19-10-9-18(13-16(19)2)20-6-4-12-22-20/h3,5,9-11,13-14H,1,4,6-8,12H2,2H3. The van der Waals surface area contributed by atoms with Crippen LogP contribution in [0.15, 0.2) is 54.3 Å². The van der Waals surface area contributed by atoms with E-state index in [4.69, 9.17) is 0 Å². The third-order valence-electron chi connectivity index (χ3n) is 4.25. The molecule has 1 aliphatic heterocycles. The number of allylic oxidation sites excluding steroid dienone is 1. The van der Waals surface area contributed by atoms with Gasteiger partial charge in [0.15, 0.2) is 0 Å². The Morgan fingerprint density at radius 3 is 2.86 bits per heavy atom. The fourth-order valence-electron chi connectivity index (χ4n) is 2.99. The van der Waals surface area contributed by atoms with Crippen molar-refractivity contribution in [2.45, 2.75) is 32.6 Å². The molecule has 0 fully saturated rings. The molecule has 0 spiro atoms. The number of hydrogen-bond acceptors (Lipinski definition) is 2. The molecule has 2 heterocycles. The van der Waals surface area contributed by atoms with E-state index in [0.29, 0.717) is 0 Å². The molecule has 0 amide bonds. The number of pyridine rings is 1. The lowest BCUT2D eigenvalue weighted by Crippen LogP contribution is -1.99. The van der Waals surface area contributed by atoms with Crippen LogP contribution >= 0.6 is 0 Å². The zero-order valence-corrected chi connectivity index (χ0v) is 13.2. The number of hydrogen-bond donors (Lipinski definition) is 0. The summed E-state index contributed by atoms with van der Waals surface area (Å²) in [7, 11) is 0. The molecule has 0 saturated heterocycles. The van der Waals surface area contributed by atoms with E-state index in [9.17, 15) is 0 Å². The van der Waals surface area contributed by atoms with Crippen LogP contribution in [0.5, 0.6) is 0 Å². The molecule has 0 bridgehead atoms. The van der Waals surface area contributed by atoms with E-state index < -0.39 is 0 Å². The minimum absolute atomic E-state index is 0.965. The summed E-state index contributed by atoms with van der Waals surface area (Å²) in [5.41, 5.74) is 7.56. The second-order valence-corrected chi connectivity index (χ2v) is 5.93. The fraction of sp³-hybridized carbons (Fsp3) is 0.300. The molecule has 2 aromatic rings. The van der Waals surface area contributed by atoms with Crippen molar-refractivity contribution in [1.29, 1.82) is 0 Å². The normalized spacial score (nSPS) is 14.0. The summed E-state index contributed by atoms with van der Waals surface area (Å²) in [6, 6.07) is 10.8. The molecule has 0 saturated carbocycles. The maximum atomic E-state index is 4.58. The molecular weight excluding hydrogens is 268 g/mol. The van der Waals surface area contributed by atoms with E-state index in [1.807, 2.05) is 18.5 Å². The Bertz CT molecular complexity index is 699. The van der Waals surface area contributed by atoms with Gasteiger partial charge in [-0.05, 0) is 72.6 Å². The van der Waals surface area contributed by atoms with Crippen molar-refractivity contribution in [1.82, 2.24) is 4.98 Å². The number of aryl methyl sites for hydroxylation is 2. The number of aliphatic imine (C=N–C) groups is 1. The van der Waals surface area contributed by atoms with Crippen molar-refractivity contribution >= 4 is 11.3 Å². The van der Waals surface area contributed by atoms with Crippen molar-refractivity contribution in [2.75, 3.05) is 6.54 Å². The molecule has 112 valence electrons. The number of rotatable bonds is 5. The Morgan fingerprint density at radius 1 is 1.27 bits per heavy atom. The van der Waals surface area contributed by atoms with Crippen LogP contribution in [0.4, 0.5) is 0 Å². The van der Waals surface area contributed by atoms with Gasteiger partial charge in [0.25, 0.3) is 0 Å². The number of aromatic nitrogens is 1. The van der Waals surface area contributed by atoms with E-state index in [2.05, 4.69) is 47.7 Å². The van der Waals surface area contributed by atoms with Crippen molar-refractivity contribution in [3.8, 4) is 0 Å². The van der Waals surface area contributed by atoms with Gasteiger partial charge >= 0.3 is 0 Å². The van der Waals surface area contributed by atoms with E-state index >= 15 is 0 Å². The molecule has 1 aromatic heterocycles. The Morgan fingerprint density at radius 2 is 2.18 bits per heavy atom. The van der Waals surface area contributed by atoms with Crippen molar-refractivity contribution in [3.63, 3.8) is 0 Å². The van der Waals surface area contributed by atoms with Gasteiger partial charge in [-0.2, -0.15) is 0 Å². The maximum absolute atomic E-state index is 4.58. The molecule has 0 N–H and O–H groups in total. The average Bonchev–Trinajstić information content (AvgIpc) is 3.08. The predicted molar refractivity (Wildman–Crippen MR) is 93.4 cm³/mol. The van der Waals surface area contributed by atoms with Gasteiger partial charge in [0.1, 0.15) is 0 Å². The topological polar surface area (TPSA) is 25.2 Å². The second kappa shape index (κ2) is 6.69. The molecule has 2 nitrogen and oxygen atoms in total. The maximum Gasteiger partial charge on any atom is 0.0421 e. The molecule has 1 aliphatic rings. The molecule has 0 aliphatic carbocycles. The highest BCUT2D eigenvalue weighted by Crippen LogP contribution is 2.24. The fourth-order valence-corrected chi connectivity index (χ4v) is 2.99. The van der Waals surface area contributed by atoms with Gasteiger partial charge < -0.3 is 0 Å². The van der Waals surface area contributed by atoms with Crippen LogP contribution < -0.4 is 0 Å². The second-order valence-electron chi connectivity index (χ2n) is 5.93. The minimum Gasteiger partial charge on any atom is -0.289 e. The van der Waals surface area contributed by atoms with Crippen molar-refractivity contribution < 1.29 is 0 Å². The van der Waals surface area contributed by atoms with E-state index in [1.165, 1.54) is 40.0 Å². The van der Waals surface area contributed by atoms with Gasteiger partial charge in [-0.15, -0.1) is 0 Å². The largest absolute Gasteiger partial charge is 0.289 e. The highest BCUT2D eigenvalue weighted by molar-refractivity contribution is 6.01. The average molecular weight is 290 g/mol. The Kier molecular flexibility index (Phi) is 4.47. The summed E-state index contributed by atoms with van der Waals surface area (Å²) in [6.07, 6.45) is 8.00. The van der Waals surface area contributed by atoms with E-state index in [0.717, 1.165) is 25.8 Å². The summed E-state index contributed by atoms with van der Waals surface area (Å²) >= 11 is 0. The third kappa shape index (κ3) is 3.33. The van der Waals surface area contributed by atoms with Crippen LogP contribution in [0.1, 0.15) is 41.5 Å². The van der Waals surface area contributed by atoms with Gasteiger partial charge in [-0.1, -0.05) is 24.8 Å². The van der Waals surface area contributed by atoms with E-state index in [1.54, 1.807) is 0 Å². The summed E-state index contributed by atoms with van der Waals surface area (Å²) in [5, 5.41) is 0. The van der Waals surface area contributed by atoms with Crippen LogP contribution in [0.2, 0.25) is 0 Å². The zero-order chi connectivity index (χ0) is 15.4. The van der Waals surface area contributed by atoms with Crippen molar-refractivity contribution in [3.05, 3.63) is 71.6 Å². The first-order chi connectivity index (χ1) is 10.7. The molecule has 0 radical (unpaired) electrons. The molecular formula is C20H22N2. The molecule has 0 atom stereocenters. The minimum atomic E-state index is 0.965. The van der Waals surface area contributed by atoms with Gasteiger partial charge in [0.05, 0.1) is 0 Å². The summed E-state index contributed by atoms with van der Waals surface area (Å²) < 4.78 is 0. The number of nitrogens with zero attached hydrogens (tertiary/aromatic N) is 2. The van der Waals surface area contributed by atoms with Crippen molar-refractivity contribution in [2.24, 2.45) is 4.99 Å². The van der Waals surface area contributed by atoms with Crippen LogP contribution in [0.3, 0.4) is 0 Å². The lowest BCUT2D eigenvalue weighted by atomic mass is 9.94. The predicted octanol–water partition coefficient (Wildman–Crippen LogP) is 4.62. The van der Waals surface area contributed by atoms with Gasteiger partial charge in [0.2, 0.25) is 0 Å². The third-order valence-corrected chi connectivity index (χ3v) is 4.25. The smallest absolute Gasteiger partial charge is 0.0421 e. The Hall–Kier alpha value is -2.22. The summed E-state index contributed by atoms with van der Waals surface area (Å²) in [4.78, 5) is 8.75. The highest BCUT2D eigenvalue weighted by Gasteiger charge is 2.11. The lowest BCUT2D eigenvalue weighted by Gasteiger charge is -2.11. The lowest BCUT2D eigenvalue weighted by molar-refractivity contribution is 0.951. The summed E-state index contributed by atoms with van der Waals surface area (Å²) in [5.74, 6) is 0. The van der Waals surface area contributed by atoms with E-state index in [-0.39, 0.29) is 0 Å². The highest BCUT2D eigenvalue weighted by atomic mass is 14.8. The summed E-state index contributed by atoms with van der Waals surface area (Å²) in [6.45, 7) is 7.43. The molecule has 3 rings (SSSR count). The zero-order valence-electron chi connectivity index (χ0n) is 13.2. The van der Waals surface area contributed by atoms with Crippen LogP contribution in [0.25, 0.3) is 5.57 Å². The first-order valence-corrected chi connectivity index (χ1v) is 7.95. The van der Waals surface area contributed by atoms with Crippen LogP contribution in [-0.2, 0) is 6.42 Å². The monoisotopic (exact) mass is 290 g/mol. The van der Waals surface area contributed by atoms with Gasteiger partial charge in [-0.25, -0.2) is 0 Å². The SMILES string of the molecule is C=C(CCc1cccnc1)c1ccc(C2=NCCC2)cc1C. The molecule has 2 heteroatoms. The number of benzene rings is 1. The molecule has 22 heavy (non-hydrogen) atoms. The molecule has 1 aromatic carbocycles. The Labute approximate surface area is 132 Å². The molecule has 0 unspecified atom stereocenters. The Balaban J connectivity index is 1.70. The van der Waals surface area contributed by atoms with Crippen LogP contribution in [0, 0.1) is 6.92 Å². The van der Waals surface area contributed by atoms with Gasteiger partial charge in [0, 0.05) is 24.7 Å². The quantitative estimate of drug-likeness (QED) is 0.789. The van der Waals surface area contributed by atoms with Gasteiger partial charge in [-0.3, -0.25) is 9.98 Å². The first-order valence-electron chi connectivity index (χ1n) is 7.95.